The van der Waals surface area contributed by atoms with Gasteiger partial charge in [0.05, 0.1) is 12.2 Å². The molecule has 162 valence electrons. The van der Waals surface area contributed by atoms with Gasteiger partial charge in [-0.2, -0.15) is 0 Å². The van der Waals surface area contributed by atoms with Gasteiger partial charge in [0.1, 0.15) is 0 Å². The van der Waals surface area contributed by atoms with Crippen molar-refractivity contribution in [3.63, 3.8) is 0 Å². The molecule has 2 nitrogen and oxygen atoms in total. The van der Waals surface area contributed by atoms with Crippen molar-refractivity contribution in [1.82, 2.24) is 0 Å². The molecule has 0 N–H and O–H groups in total. The minimum absolute atomic E-state index is 0.126. The highest BCUT2D eigenvalue weighted by atomic mass is 32.2. The number of ether oxygens (including phenoxy) is 1. The number of benzene rings is 3. The molecule has 0 heterocycles. The average Bonchev–Trinajstić information content (AvgIpc) is 2.81. The van der Waals surface area contributed by atoms with E-state index in [4.69, 9.17) is 4.74 Å². The van der Waals surface area contributed by atoms with Crippen molar-refractivity contribution >= 4 is 34.8 Å². The summed E-state index contributed by atoms with van der Waals surface area (Å²) in [6.07, 6.45) is 7.63. The number of carbonyl (C=O) groups is 1. The van der Waals surface area contributed by atoms with Gasteiger partial charge in [-0.25, -0.2) is 4.79 Å². The van der Waals surface area contributed by atoms with Gasteiger partial charge in [0.25, 0.3) is 0 Å². The van der Waals surface area contributed by atoms with E-state index >= 15 is 0 Å². The molecule has 3 heteroatoms. The van der Waals surface area contributed by atoms with Gasteiger partial charge in [0.2, 0.25) is 0 Å². The van der Waals surface area contributed by atoms with Gasteiger partial charge in [-0.1, -0.05) is 86.3 Å². The van der Waals surface area contributed by atoms with Crippen LogP contribution in [0.1, 0.15) is 59.8 Å². The van der Waals surface area contributed by atoms with Gasteiger partial charge in [-0.3, -0.25) is 0 Å². The molecule has 0 spiro atoms. The van der Waals surface area contributed by atoms with E-state index in [1.165, 1.54) is 20.9 Å². The molecule has 1 aliphatic carbocycles. The topological polar surface area (TPSA) is 26.3 Å². The van der Waals surface area contributed by atoms with Crippen LogP contribution in [0.3, 0.4) is 0 Å². The predicted molar refractivity (Wildman–Crippen MR) is 136 cm³/mol. The first-order valence-corrected chi connectivity index (χ1v) is 11.8. The summed E-state index contributed by atoms with van der Waals surface area (Å²) < 4.78 is 5.06. The Morgan fingerprint density at radius 3 is 2.38 bits per heavy atom. The van der Waals surface area contributed by atoms with Crippen LogP contribution in [-0.4, -0.2) is 12.6 Å². The van der Waals surface area contributed by atoms with Gasteiger partial charge in [-0.15, -0.1) is 0 Å². The Morgan fingerprint density at radius 2 is 1.66 bits per heavy atom. The summed E-state index contributed by atoms with van der Waals surface area (Å²) in [5.74, 6) is -0.282. The van der Waals surface area contributed by atoms with E-state index in [0.29, 0.717) is 12.2 Å². The summed E-state index contributed by atoms with van der Waals surface area (Å²) in [6.45, 7) is 6.82. The lowest BCUT2D eigenvalue weighted by molar-refractivity contribution is 0.0526. The highest BCUT2D eigenvalue weighted by molar-refractivity contribution is 8.08. The molecule has 0 aromatic heterocycles. The van der Waals surface area contributed by atoms with Crippen molar-refractivity contribution in [3.05, 3.63) is 107 Å². The molecule has 0 unspecified atom stereocenters. The van der Waals surface area contributed by atoms with Crippen molar-refractivity contribution in [3.8, 4) is 0 Å². The molecule has 3 aromatic carbocycles. The number of allylic oxidation sites excluding steroid dienone is 1. The standard InChI is InChI=1S/C29H28O2S/c1-4-31-28(30)23-15-12-21(13-16-23)10-11-22-14-17-26-25(20-22)27(18-19-29(26,2)3)32-24-8-6-5-7-9-24/h5-18,20H,4,19H2,1-3H3/b11-10+. The molecule has 0 amide bonds. The van der Waals surface area contributed by atoms with Gasteiger partial charge in [-0.05, 0) is 71.3 Å². The summed E-state index contributed by atoms with van der Waals surface area (Å²) in [4.78, 5) is 14.4. The Hall–Kier alpha value is -3.04. The third-order valence-corrected chi connectivity index (χ3v) is 6.81. The van der Waals surface area contributed by atoms with Crippen LogP contribution in [-0.2, 0) is 10.2 Å². The van der Waals surface area contributed by atoms with Crippen molar-refractivity contribution in [2.75, 3.05) is 6.61 Å². The first-order chi connectivity index (χ1) is 15.5. The van der Waals surface area contributed by atoms with Gasteiger partial charge >= 0.3 is 5.97 Å². The van der Waals surface area contributed by atoms with Crippen molar-refractivity contribution in [1.29, 1.82) is 0 Å². The third kappa shape index (κ3) is 5.05. The van der Waals surface area contributed by atoms with E-state index in [2.05, 4.69) is 80.6 Å². The fourth-order valence-electron chi connectivity index (χ4n) is 3.88. The zero-order chi connectivity index (χ0) is 22.6. The van der Waals surface area contributed by atoms with Crippen molar-refractivity contribution in [2.45, 2.75) is 37.5 Å². The number of hydrogen-bond acceptors (Lipinski definition) is 3. The number of carbonyl (C=O) groups excluding carboxylic acids is 1. The highest BCUT2D eigenvalue weighted by Gasteiger charge is 2.28. The van der Waals surface area contributed by atoms with Crippen LogP contribution in [0.15, 0.2) is 83.8 Å². The van der Waals surface area contributed by atoms with E-state index in [1.807, 2.05) is 43.0 Å². The second-order valence-corrected chi connectivity index (χ2v) is 9.67. The second kappa shape index (κ2) is 9.62. The Kier molecular flexibility index (Phi) is 6.66. The fourth-order valence-corrected chi connectivity index (χ4v) is 4.87. The maximum Gasteiger partial charge on any atom is 0.338 e. The SMILES string of the molecule is CCOC(=O)c1ccc(/C=C/c2ccc3c(c2)C(Sc2ccccc2)=CCC3(C)C)cc1. The maximum absolute atomic E-state index is 11.8. The maximum atomic E-state index is 11.8. The number of fused-ring (bicyclic) bond motifs is 1. The zero-order valence-corrected chi connectivity index (χ0v) is 19.6. The molecule has 0 aliphatic heterocycles. The van der Waals surface area contributed by atoms with E-state index in [0.717, 1.165) is 17.5 Å². The first-order valence-electron chi connectivity index (χ1n) is 11.0. The normalized spacial score (nSPS) is 14.7. The summed E-state index contributed by atoms with van der Waals surface area (Å²) in [7, 11) is 0. The molecule has 32 heavy (non-hydrogen) atoms. The molecular weight excluding hydrogens is 412 g/mol. The van der Waals surface area contributed by atoms with Gasteiger partial charge in [0.15, 0.2) is 0 Å². The largest absolute Gasteiger partial charge is 0.462 e. The summed E-state index contributed by atoms with van der Waals surface area (Å²) >= 11 is 1.83. The molecule has 3 aromatic rings. The number of esters is 1. The van der Waals surface area contributed by atoms with Crippen LogP contribution in [0.25, 0.3) is 17.1 Å². The van der Waals surface area contributed by atoms with E-state index in [-0.39, 0.29) is 11.4 Å². The van der Waals surface area contributed by atoms with Crippen molar-refractivity contribution < 1.29 is 9.53 Å². The Morgan fingerprint density at radius 1 is 0.969 bits per heavy atom. The van der Waals surface area contributed by atoms with Crippen LogP contribution >= 0.6 is 11.8 Å². The summed E-state index contributed by atoms with van der Waals surface area (Å²) in [5.41, 5.74) is 5.62. The average molecular weight is 441 g/mol. The van der Waals surface area contributed by atoms with E-state index < -0.39 is 0 Å². The molecular formula is C29H28O2S. The Balaban J connectivity index is 1.58. The zero-order valence-electron chi connectivity index (χ0n) is 18.8. The number of hydrogen-bond donors (Lipinski definition) is 0. The molecule has 0 fully saturated rings. The Bertz CT molecular complexity index is 1160. The minimum Gasteiger partial charge on any atom is -0.462 e. The molecule has 0 bridgehead atoms. The number of thioether (sulfide) groups is 1. The van der Waals surface area contributed by atoms with Crippen molar-refractivity contribution in [2.24, 2.45) is 0 Å². The van der Waals surface area contributed by atoms with Crippen LogP contribution in [0.5, 0.6) is 0 Å². The summed E-state index contributed by atoms with van der Waals surface area (Å²) in [5, 5.41) is 0. The smallest absolute Gasteiger partial charge is 0.338 e. The molecule has 0 radical (unpaired) electrons. The van der Waals surface area contributed by atoms with Crippen LogP contribution < -0.4 is 0 Å². The predicted octanol–water partition coefficient (Wildman–Crippen LogP) is 7.85. The van der Waals surface area contributed by atoms with E-state index in [1.54, 1.807) is 0 Å². The second-order valence-electron chi connectivity index (χ2n) is 8.55. The van der Waals surface area contributed by atoms with E-state index in [9.17, 15) is 4.79 Å². The van der Waals surface area contributed by atoms with Crippen LogP contribution in [0.2, 0.25) is 0 Å². The van der Waals surface area contributed by atoms with Gasteiger partial charge < -0.3 is 4.74 Å². The molecule has 0 saturated carbocycles. The lowest BCUT2D eigenvalue weighted by Crippen LogP contribution is -2.21. The highest BCUT2D eigenvalue weighted by Crippen LogP contribution is 2.45. The monoisotopic (exact) mass is 440 g/mol. The quantitative estimate of drug-likeness (QED) is 0.288. The lowest BCUT2D eigenvalue weighted by atomic mass is 9.75. The Labute approximate surface area is 195 Å². The third-order valence-electron chi connectivity index (χ3n) is 5.70. The lowest BCUT2D eigenvalue weighted by Gasteiger charge is -2.32. The fraction of sp³-hybridized carbons (Fsp3) is 0.207. The first kappa shape index (κ1) is 22.2. The van der Waals surface area contributed by atoms with Gasteiger partial charge in [0, 0.05) is 9.80 Å². The molecule has 1 aliphatic rings. The molecule has 0 saturated heterocycles. The molecule has 0 atom stereocenters. The van der Waals surface area contributed by atoms with Crippen LogP contribution in [0, 0.1) is 0 Å². The van der Waals surface area contributed by atoms with Crippen LogP contribution in [0.4, 0.5) is 0 Å². The molecule has 4 rings (SSSR count). The summed E-state index contributed by atoms with van der Waals surface area (Å²) in [6, 6.07) is 24.8. The minimum atomic E-state index is -0.282. The number of rotatable bonds is 6.